The monoisotopic (exact) mass is 272 g/mol. The van der Waals surface area contributed by atoms with Crippen LogP contribution in [0.5, 0.6) is 11.6 Å². The van der Waals surface area contributed by atoms with E-state index in [0.717, 1.165) is 0 Å². The van der Waals surface area contributed by atoms with Crippen molar-refractivity contribution in [1.29, 1.82) is 5.26 Å². The molecule has 0 aliphatic rings. The maximum absolute atomic E-state index is 13.5. The van der Waals surface area contributed by atoms with E-state index in [1.807, 2.05) is 0 Å². The van der Waals surface area contributed by atoms with Gasteiger partial charge in [0.25, 0.3) is 0 Å². The van der Waals surface area contributed by atoms with Crippen molar-refractivity contribution in [2.24, 2.45) is 0 Å². The predicted octanol–water partition coefficient (Wildman–Crippen LogP) is 2.94. The molecule has 0 amide bonds. The van der Waals surface area contributed by atoms with Gasteiger partial charge in [-0.1, -0.05) is 6.07 Å². The third kappa shape index (κ3) is 2.52. The minimum absolute atomic E-state index is 0.135. The Hall–Kier alpha value is -2.68. The second kappa shape index (κ2) is 5.53. The molecule has 2 aromatic rings. The molecule has 0 spiro atoms. The second-order valence-electron chi connectivity index (χ2n) is 4.13. The van der Waals surface area contributed by atoms with Gasteiger partial charge < -0.3 is 10.1 Å². The van der Waals surface area contributed by atoms with Crippen LogP contribution in [-0.2, 0) is 0 Å². The van der Waals surface area contributed by atoms with Gasteiger partial charge in [0.05, 0.1) is 5.56 Å². The third-order valence-corrected chi connectivity index (χ3v) is 2.74. The second-order valence-corrected chi connectivity index (χ2v) is 4.13. The summed E-state index contributed by atoms with van der Waals surface area (Å²) in [5.41, 5.74) is 0.542. The standard InChI is InChI=1S/C14H13FN4O/c1-8-13(17-3)18-9(2)19-14(8)20-12-6-4-5-11(15)10(12)7-16/h4-6H,1-3H3,(H,17,18,19). The number of aryl methyl sites for hydroxylation is 1. The zero-order valence-electron chi connectivity index (χ0n) is 11.4. The van der Waals surface area contributed by atoms with Gasteiger partial charge >= 0.3 is 0 Å². The first-order valence-electron chi connectivity index (χ1n) is 5.96. The van der Waals surface area contributed by atoms with Crippen LogP contribution in [0, 0.1) is 31.0 Å². The summed E-state index contributed by atoms with van der Waals surface area (Å²) in [6, 6.07) is 6.00. The highest BCUT2D eigenvalue weighted by Crippen LogP contribution is 2.29. The van der Waals surface area contributed by atoms with E-state index in [9.17, 15) is 4.39 Å². The Labute approximate surface area is 116 Å². The zero-order chi connectivity index (χ0) is 14.7. The maximum Gasteiger partial charge on any atom is 0.227 e. The largest absolute Gasteiger partial charge is 0.437 e. The van der Waals surface area contributed by atoms with E-state index in [1.54, 1.807) is 27.0 Å². The van der Waals surface area contributed by atoms with Gasteiger partial charge in [0.1, 0.15) is 34.8 Å². The number of hydrogen-bond donors (Lipinski definition) is 1. The molecule has 0 aliphatic heterocycles. The molecule has 0 fully saturated rings. The first-order chi connectivity index (χ1) is 9.56. The Bertz CT molecular complexity index is 694. The van der Waals surface area contributed by atoms with E-state index in [1.165, 1.54) is 18.2 Å². The first-order valence-corrected chi connectivity index (χ1v) is 5.96. The SMILES string of the molecule is CNc1nc(C)nc(Oc2cccc(F)c2C#N)c1C. The Balaban J connectivity index is 2.48. The van der Waals surface area contributed by atoms with Crippen LogP contribution in [0.25, 0.3) is 0 Å². The Morgan fingerprint density at radius 1 is 1.30 bits per heavy atom. The van der Waals surface area contributed by atoms with E-state index in [4.69, 9.17) is 10.00 Å². The average Bonchev–Trinajstić information content (AvgIpc) is 2.42. The number of nitrogens with zero attached hydrogens (tertiary/aromatic N) is 3. The summed E-state index contributed by atoms with van der Waals surface area (Å²) in [6.07, 6.45) is 0. The third-order valence-electron chi connectivity index (χ3n) is 2.74. The van der Waals surface area contributed by atoms with Crippen molar-refractivity contribution in [3.05, 3.63) is 41.0 Å². The van der Waals surface area contributed by atoms with Crippen molar-refractivity contribution < 1.29 is 9.13 Å². The van der Waals surface area contributed by atoms with Crippen LogP contribution in [0.3, 0.4) is 0 Å². The Morgan fingerprint density at radius 3 is 2.70 bits per heavy atom. The van der Waals surface area contributed by atoms with E-state index < -0.39 is 5.82 Å². The summed E-state index contributed by atoms with van der Waals surface area (Å²) < 4.78 is 19.1. The number of nitriles is 1. The molecule has 0 saturated carbocycles. The molecule has 1 aromatic carbocycles. The minimum Gasteiger partial charge on any atom is -0.437 e. The van der Waals surface area contributed by atoms with E-state index in [2.05, 4.69) is 15.3 Å². The van der Waals surface area contributed by atoms with Gasteiger partial charge in [-0.2, -0.15) is 10.2 Å². The number of ether oxygens (including phenoxy) is 1. The molecule has 5 nitrogen and oxygen atoms in total. The number of aromatic nitrogens is 2. The number of anilines is 1. The van der Waals surface area contributed by atoms with Crippen LogP contribution in [0.4, 0.5) is 10.2 Å². The minimum atomic E-state index is -0.623. The van der Waals surface area contributed by atoms with E-state index >= 15 is 0 Å². The van der Waals surface area contributed by atoms with Crippen molar-refractivity contribution in [3.63, 3.8) is 0 Å². The van der Waals surface area contributed by atoms with Gasteiger partial charge in [0, 0.05) is 7.05 Å². The fourth-order valence-electron chi connectivity index (χ4n) is 1.75. The summed E-state index contributed by atoms with van der Waals surface area (Å²) in [7, 11) is 1.74. The molecule has 1 heterocycles. The van der Waals surface area contributed by atoms with Gasteiger partial charge in [0.15, 0.2) is 0 Å². The highest BCUT2D eigenvalue weighted by atomic mass is 19.1. The molecule has 0 radical (unpaired) electrons. The molecule has 0 saturated heterocycles. The van der Waals surface area contributed by atoms with Crippen molar-refractivity contribution in [2.75, 3.05) is 12.4 Å². The lowest BCUT2D eigenvalue weighted by Crippen LogP contribution is -2.03. The molecule has 0 unspecified atom stereocenters. The van der Waals surface area contributed by atoms with Crippen LogP contribution in [0.15, 0.2) is 18.2 Å². The maximum atomic E-state index is 13.5. The molecule has 0 atom stereocenters. The Morgan fingerprint density at radius 2 is 2.05 bits per heavy atom. The van der Waals surface area contributed by atoms with Crippen LogP contribution >= 0.6 is 0 Å². The van der Waals surface area contributed by atoms with E-state index in [0.29, 0.717) is 23.1 Å². The van der Waals surface area contributed by atoms with Crippen molar-refractivity contribution in [3.8, 4) is 17.7 Å². The number of rotatable bonds is 3. The molecule has 0 aliphatic carbocycles. The molecular formula is C14H13FN4O. The van der Waals surface area contributed by atoms with Crippen molar-refractivity contribution in [2.45, 2.75) is 13.8 Å². The van der Waals surface area contributed by atoms with Crippen LogP contribution in [-0.4, -0.2) is 17.0 Å². The van der Waals surface area contributed by atoms with Crippen LogP contribution in [0.2, 0.25) is 0 Å². The van der Waals surface area contributed by atoms with Crippen molar-refractivity contribution >= 4 is 5.82 Å². The van der Waals surface area contributed by atoms with Gasteiger partial charge in [-0.3, -0.25) is 0 Å². The molecule has 0 bridgehead atoms. The molecule has 20 heavy (non-hydrogen) atoms. The number of hydrogen-bond acceptors (Lipinski definition) is 5. The predicted molar refractivity (Wildman–Crippen MR) is 72.2 cm³/mol. The number of benzene rings is 1. The number of nitrogens with one attached hydrogen (secondary N) is 1. The highest BCUT2D eigenvalue weighted by Gasteiger charge is 2.14. The molecule has 1 aromatic heterocycles. The molecule has 102 valence electrons. The average molecular weight is 272 g/mol. The summed E-state index contributed by atoms with van der Waals surface area (Å²) in [5.74, 6) is 0.953. The first kappa shape index (κ1) is 13.7. The molecule has 6 heteroatoms. The van der Waals surface area contributed by atoms with Crippen LogP contribution in [0.1, 0.15) is 17.0 Å². The van der Waals surface area contributed by atoms with Crippen molar-refractivity contribution in [1.82, 2.24) is 9.97 Å². The summed E-state index contributed by atoms with van der Waals surface area (Å²) in [4.78, 5) is 8.39. The summed E-state index contributed by atoms with van der Waals surface area (Å²) >= 11 is 0. The molecule has 1 N–H and O–H groups in total. The lowest BCUT2D eigenvalue weighted by Gasteiger charge is -2.12. The van der Waals surface area contributed by atoms with Gasteiger partial charge in [-0.15, -0.1) is 0 Å². The summed E-state index contributed by atoms with van der Waals surface area (Å²) in [6.45, 7) is 3.51. The van der Waals surface area contributed by atoms with Crippen LogP contribution < -0.4 is 10.1 Å². The Kier molecular flexibility index (Phi) is 3.80. The van der Waals surface area contributed by atoms with Gasteiger partial charge in [0.2, 0.25) is 5.88 Å². The fraction of sp³-hybridized carbons (Fsp3) is 0.214. The fourth-order valence-corrected chi connectivity index (χ4v) is 1.75. The van der Waals surface area contributed by atoms with E-state index in [-0.39, 0.29) is 11.3 Å². The lowest BCUT2D eigenvalue weighted by molar-refractivity contribution is 0.449. The smallest absolute Gasteiger partial charge is 0.227 e. The van der Waals surface area contributed by atoms with Gasteiger partial charge in [-0.25, -0.2) is 9.37 Å². The molecule has 2 rings (SSSR count). The number of halogens is 1. The van der Waals surface area contributed by atoms with Gasteiger partial charge in [-0.05, 0) is 26.0 Å². The highest BCUT2D eigenvalue weighted by molar-refractivity contribution is 5.51. The quantitative estimate of drug-likeness (QED) is 0.930. The summed E-state index contributed by atoms with van der Waals surface area (Å²) in [5, 5.41) is 11.9. The normalized spacial score (nSPS) is 9.95. The topological polar surface area (TPSA) is 70.8 Å². The lowest BCUT2D eigenvalue weighted by atomic mass is 10.2. The zero-order valence-corrected chi connectivity index (χ0v) is 11.4. The molecular weight excluding hydrogens is 259 g/mol.